The maximum absolute atomic E-state index is 13.0. The highest BCUT2D eigenvalue weighted by Gasteiger charge is 2.27. The molecule has 0 aliphatic carbocycles. The van der Waals surface area contributed by atoms with Crippen LogP contribution in [0.25, 0.3) is 11.3 Å². The smallest absolute Gasteiger partial charge is 0.290 e. The van der Waals surface area contributed by atoms with E-state index in [0.717, 1.165) is 54.9 Å². The highest BCUT2D eigenvalue weighted by molar-refractivity contribution is 5.85. The van der Waals surface area contributed by atoms with E-state index in [4.69, 9.17) is 0 Å². The molecule has 0 radical (unpaired) electrons. The molecule has 1 saturated heterocycles. The van der Waals surface area contributed by atoms with Gasteiger partial charge in [-0.2, -0.15) is 10.2 Å². The molecule has 2 aliphatic rings. The number of aliphatic hydroxyl groups excluding tert-OH is 1. The van der Waals surface area contributed by atoms with E-state index >= 15 is 0 Å². The minimum absolute atomic E-state index is 0.218. The Balaban J connectivity index is 1.24. The van der Waals surface area contributed by atoms with Crippen molar-refractivity contribution in [3.8, 4) is 11.3 Å². The first kappa shape index (κ1) is 27.8. The third kappa shape index (κ3) is 5.82. The van der Waals surface area contributed by atoms with E-state index in [9.17, 15) is 15.0 Å². The second-order valence-corrected chi connectivity index (χ2v) is 11.3. The van der Waals surface area contributed by atoms with Crippen molar-refractivity contribution >= 4 is 23.4 Å². The molecule has 0 bridgehead atoms. The molecular weight excluding hydrogens is 530 g/mol. The standard InChI is InChI=1S/C32H35N7O3/c1-32(42)12-14-38(15-13-32)19-22-10-11-30(33-17-22)35-28-16-27(36-37(2)31(28)41)25-8-5-9-29(26(25)21-40)39-20-24-7-4-3-6-23(24)18-34-39/h3-11,16-18,40,42H,12-15,19-21H2,1-2H3,(H,33,35). The minimum Gasteiger partial charge on any atom is -0.392 e. The Morgan fingerprint density at radius 2 is 1.86 bits per heavy atom. The van der Waals surface area contributed by atoms with Crippen LogP contribution in [0.1, 0.15) is 42.0 Å². The van der Waals surface area contributed by atoms with Crippen LogP contribution in [0, 0.1) is 0 Å². The Kier molecular flexibility index (Phi) is 7.59. The molecule has 2 aromatic carbocycles. The minimum atomic E-state index is -0.578. The number of pyridine rings is 1. The molecule has 0 spiro atoms. The normalized spacial score (nSPS) is 16.3. The molecule has 42 heavy (non-hydrogen) atoms. The number of rotatable bonds is 7. The van der Waals surface area contributed by atoms with Crippen molar-refractivity contribution in [1.29, 1.82) is 0 Å². The van der Waals surface area contributed by atoms with Crippen LogP contribution in [-0.4, -0.2) is 54.8 Å². The number of anilines is 3. The van der Waals surface area contributed by atoms with E-state index < -0.39 is 5.60 Å². The quantitative estimate of drug-likeness (QED) is 0.310. The number of likely N-dealkylation sites (tertiary alicyclic amines) is 1. The van der Waals surface area contributed by atoms with Gasteiger partial charge in [-0.25, -0.2) is 9.67 Å². The van der Waals surface area contributed by atoms with Gasteiger partial charge in [-0.15, -0.1) is 0 Å². The maximum Gasteiger partial charge on any atom is 0.290 e. The first-order chi connectivity index (χ1) is 20.3. The number of nitrogens with zero attached hydrogens (tertiary/aromatic N) is 6. The lowest BCUT2D eigenvalue weighted by Gasteiger charge is -2.35. The Hall–Kier alpha value is -4.38. The highest BCUT2D eigenvalue weighted by atomic mass is 16.3. The fraction of sp³-hybridized carbons (Fsp3) is 0.312. The van der Waals surface area contributed by atoms with Gasteiger partial charge >= 0.3 is 0 Å². The topological polar surface area (TPSA) is 119 Å². The fourth-order valence-electron chi connectivity index (χ4n) is 5.52. The Bertz CT molecular complexity index is 1670. The number of piperidine rings is 1. The van der Waals surface area contributed by atoms with E-state index in [0.29, 0.717) is 34.9 Å². The van der Waals surface area contributed by atoms with Crippen LogP contribution >= 0.6 is 0 Å². The monoisotopic (exact) mass is 565 g/mol. The summed E-state index contributed by atoms with van der Waals surface area (Å²) in [5, 5.41) is 34.9. The van der Waals surface area contributed by atoms with E-state index in [2.05, 4.69) is 31.5 Å². The van der Waals surface area contributed by atoms with E-state index in [1.165, 1.54) is 4.68 Å². The Labute approximate surface area is 244 Å². The molecule has 6 rings (SSSR count). The number of nitrogens with one attached hydrogen (secondary N) is 1. The van der Waals surface area contributed by atoms with Crippen molar-refractivity contribution in [1.82, 2.24) is 19.7 Å². The average molecular weight is 566 g/mol. The highest BCUT2D eigenvalue weighted by Crippen LogP contribution is 2.33. The summed E-state index contributed by atoms with van der Waals surface area (Å²) in [4.78, 5) is 19.9. The van der Waals surface area contributed by atoms with Gasteiger partial charge in [-0.05, 0) is 54.7 Å². The number of aliphatic hydroxyl groups is 2. The first-order valence-corrected chi connectivity index (χ1v) is 14.2. The van der Waals surface area contributed by atoms with Gasteiger partial charge in [0.2, 0.25) is 0 Å². The molecule has 0 atom stereocenters. The lowest BCUT2D eigenvalue weighted by molar-refractivity contribution is -0.00731. The molecule has 1 fully saturated rings. The average Bonchev–Trinajstić information content (AvgIpc) is 3.00. The summed E-state index contributed by atoms with van der Waals surface area (Å²) in [6.07, 6.45) is 5.16. The molecule has 10 nitrogen and oxygen atoms in total. The van der Waals surface area contributed by atoms with Crippen LogP contribution in [0.3, 0.4) is 0 Å². The van der Waals surface area contributed by atoms with Crippen molar-refractivity contribution in [2.45, 2.75) is 45.1 Å². The van der Waals surface area contributed by atoms with Gasteiger partial charge in [0.25, 0.3) is 5.56 Å². The summed E-state index contributed by atoms with van der Waals surface area (Å²) in [5.74, 6) is 0.548. The second-order valence-electron chi connectivity index (χ2n) is 11.3. The van der Waals surface area contributed by atoms with Crippen LogP contribution in [-0.2, 0) is 26.7 Å². The zero-order valence-corrected chi connectivity index (χ0v) is 23.9. The van der Waals surface area contributed by atoms with Crippen LogP contribution in [0.2, 0.25) is 0 Å². The molecule has 3 N–H and O–H groups in total. The lowest BCUT2D eigenvalue weighted by Crippen LogP contribution is -2.41. The van der Waals surface area contributed by atoms with Crippen LogP contribution in [0.5, 0.6) is 0 Å². The molecule has 0 unspecified atom stereocenters. The number of fused-ring (bicyclic) bond motifs is 1. The molecule has 4 aromatic rings. The molecule has 2 aromatic heterocycles. The van der Waals surface area contributed by atoms with Crippen molar-refractivity contribution in [3.05, 3.63) is 99.5 Å². The van der Waals surface area contributed by atoms with Gasteiger partial charge in [0.15, 0.2) is 0 Å². The summed E-state index contributed by atoms with van der Waals surface area (Å²) >= 11 is 0. The summed E-state index contributed by atoms with van der Waals surface area (Å²) in [5.41, 5.74) is 5.47. The molecule has 0 saturated carbocycles. The predicted molar refractivity (Wildman–Crippen MR) is 164 cm³/mol. The second kappa shape index (κ2) is 11.5. The van der Waals surface area contributed by atoms with Gasteiger partial charge in [-0.1, -0.05) is 42.5 Å². The summed E-state index contributed by atoms with van der Waals surface area (Å²) in [7, 11) is 1.61. The van der Waals surface area contributed by atoms with E-state index in [1.807, 2.05) is 72.9 Å². The van der Waals surface area contributed by atoms with Crippen LogP contribution in [0.4, 0.5) is 17.2 Å². The molecule has 0 amide bonds. The Morgan fingerprint density at radius 3 is 2.62 bits per heavy atom. The first-order valence-electron chi connectivity index (χ1n) is 14.2. The van der Waals surface area contributed by atoms with Crippen LogP contribution < -0.4 is 15.9 Å². The number of hydrogen-bond donors (Lipinski definition) is 3. The third-order valence-electron chi connectivity index (χ3n) is 8.06. The summed E-state index contributed by atoms with van der Waals surface area (Å²) in [6, 6.07) is 19.4. The van der Waals surface area contributed by atoms with E-state index in [1.54, 1.807) is 13.1 Å². The van der Waals surface area contributed by atoms with Gasteiger partial charge in [0.1, 0.15) is 11.5 Å². The molecule has 10 heteroatoms. The van der Waals surface area contributed by atoms with Gasteiger partial charge in [-0.3, -0.25) is 14.7 Å². The maximum atomic E-state index is 13.0. The van der Waals surface area contributed by atoms with E-state index in [-0.39, 0.29) is 12.2 Å². The Morgan fingerprint density at radius 1 is 1.05 bits per heavy atom. The van der Waals surface area contributed by atoms with Crippen molar-refractivity contribution < 1.29 is 10.2 Å². The zero-order valence-electron chi connectivity index (χ0n) is 23.9. The zero-order chi connectivity index (χ0) is 29.3. The largest absolute Gasteiger partial charge is 0.392 e. The summed E-state index contributed by atoms with van der Waals surface area (Å²) < 4.78 is 1.29. The number of hydrazone groups is 1. The molecular formula is C32H35N7O3. The predicted octanol–water partition coefficient (Wildman–Crippen LogP) is 3.78. The number of aryl methyl sites for hydroxylation is 1. The summed E-state index contributed by atoms with van der Waals surface area (Å²) in [6.45, 7) is 4.71. The molecule has 4 heterocycles. The third-order valence-corrected chi connectivity index (χ3v) is 8.06. The fourth-order valence-corrected chi connectivity index (χ4v) is 5.52. The lowest BCUT2D eigenvalue weighted by atomic mass is 9.94. The van der Waals surface area contributed by atoms with Crippen LogP contribution in [0.15, 0.2) is 76.8 Å². The number of benzene rings is 2. The van der Waals surface area contributed by atoms with Crippen molar-refractivity contribution in [3.63, 3.8) is 0 Å². The number of aromatic nitrogens is 3. The van der Waals surface area contributed by atoms with Crippen molar-refractivity contribution in [2.24, 2.45) is 12.1 Å². The van der Waals surface area contributed by atoms with Gasteiger partial charge < -0.3 is 15.5 Å². The van der Waals surface area contributed by atoms with Crippen molar-refractivity contribution in [2.75, 3.05) is 23.4 Å². The SMILES string of the molecule is Cn1nc(-c2cccc(N3Cc4ccccc4C=N3)c2CO)cc(Nc2ccc(CN3CCC(C)(O)CC3)cn2)c1=O. The molecule has 2 aliphatic heterocycles. The number of hydrogen-bond acceptors (Lipinski definition) is 9. The van der Waals surface area contributed by atoms with Gasteiger partial charge in [0, 0.05) is 44.0 Å². The molecule has 216 valence electrons. The van der Waals surface area contributed by atoms with Gasteiger partial charge in [0.05, 0.1) is 36.3 Å².